The Morgan fingerprint density at radius 3 is 1.22 bits per heavy atom. The Balaban J connectivity index is 0.844. The van der Waals surface area contributed by atoms with E-state index in [0.717, 1.165) is 85.3 Å². The van der Waals surface area contributed by atoms with Gasteiger partial charge in [-0.2, -0.15) is 0 Å². The van der Waals surface area contributed by atoms with Crippen LogP contribution in [0, 0.1) is 0 Å². The Hall–Kier alpha value is -8.14. The van der Waals surface area contributed by atoms with Crippen molar-refractivity contribution in [2.45, 2.75) is 12.8 Å². The summed E-state index contributed by atoms with van der Waals surface area (Å²) in [5.74, 6) is 0. The van der Waals surface area contributed by atoms with Gasteiger partial charge in [-0.25, -0.2) is 0 Å². The van der Waals surface area contributed by atoms with Gasteiger partial charge in [-0.05, 0) is 106 Å². The molecule has 9 aromatic carbocycles. The molecule has 3 heteroatoms. The van der Waals surface area contributed by atoms with Crippen LogP contribution in [0.3, 0.4) is 0 Å². The molecule has 1 aliphatic rings. The van der Waals surface area contributed by atoms with Crippen LogP contribution in [0.4, 0.5) is 17.1 Å². The molecule has 0 saturated carbocycles. The van der Waals surface area contributed by atoms with E-state index >= 15 is 0 Å². The number of benzene rings is 9. The normalized spacial score (nSPS) is 12.8. The molecule has 12 rings (SSSR count). The number of furan rings is 2. The van der Waals surface area contributed by atoms with Crippen molar-refractivity contribution in [3.8, 4) is 33.4 Å². The first kappa shape index (κ1) is 36.7. The van der Waals surface area contributed by atoms with Gasteiger partial charge in [-0.15, -0.1) is 0 Å². The minimum absolute atomic E-state index is 0.913. The summed E-state index contributed by atoms with van der Waals surface area (Å²) in [6.07, 6.45) is 6.49. The van der Waals surface area contributed by atoms with Crippen LogP contribution in [0.15, 0.2) is 233 Å². The highest BCUT2D eigenvalue weighted by atomic mass is 16.3. The fourth-order valence-electron chi connectivity index (χ4n) is 9.43. The zero-order valence-electron chi connectivity index (χ0n) is 34.5. The largest absolute Gasteiger partial charge is 0.455 e. The molecule has 0 saturated heterocycles. The van der Waals surface area contributed by atoms with Crippen molar-refractivity contribution in [3.63, 3.8) is 0 Å². The fourth-order valence-corrected chi connectivity index (χ4v) is 9.43. The van der Waals surface area contributed by atoms with Gasteiger partial charge in [-0.3, -0.25) is 0 Å². The predicted molar refractivity (Wildman–Crippen MR) is 264 cm³/mol. The monoisotopic (exact) mass is 807 g/mol. The van der Waals surface area contributed by atoms with Gasteiger partial charge in [0.2, 0.25) is 0 Å². The standard InChI is InChI=1S/C60H41NO2/c1-2-10-40(11-3-1)43-28-34-48(35-29-43)61(49-36-30-44(31-37-49)41-20-24-46(25-21-41)51-14-8-16-55-53-12-4-6-18-57(53)62-59(51)55)50-38-32-45(33-39-50)42-22-26-47(27-23-42)52-15-9-17-56-54-13-5-7-19-58(54)63-60(52)56/h1-22,24-26,28-39H,23,27H2. The molecule has 1 aliphatic carbocycles. The minimum atomic E-state index is 0.913. The molecule has 11 aromatic rings. The smallest absolute Gasteiger partial charge is 0.143 e. The molecule has 0 spiro atoms. The van der Waals surface area contributed by atoms with Crippen molar-refractivity contribution in [1.82, 2.24) is 0 Å². The molecule has 2 aromatic heterocycles. The van der Waals surface area contributed by atoms with Gasteiger partial charge in [0.25, 0.3) is 0 Å². The minimum Gasteiger partial charge on any atom is -0.455 e. The van der Waals surface area contributed by atoms with E-state index in [-0.39, 0.29) is 0 Å². The molecule has 0 aliphatic heterocycles. The third kappa shape index (κ3) is 6.63. The van der Waals surface area contributed by atoms with Gasteiger partial charge >= 0.3 is 0 Å². The number of fused-ring (bicyclic) bond motifs is 6. The van der Waals surface area contributed by atoms with E-state index < -0.39 is 0 Å². The zero-order chi connectivity index (χ0) is 41.7. The second-order valence-corrected chi connectivity index (χ2v) is 16.4. The van der Waals surface area contributed by atoms with Gasteiger partial charge in [0.05, 0.1) is 0 Å². The van der Waals surface area contributed by atoms with Crippen LogP contribution in [-0.4, -0.2) is 0 Å². The summed E-state index contributed by atoms with van der Waals surface area (Å²) >= 11 is 0. The second-order valence-electron chi connectivity index (χ2n) is 16.4. The summed E-state index contributed by atoms with van der Waals surface area (Å²) in [7, 11) is 0. The maximum Gasteiger partial charge on any atom is 0.143 e. The Labute approximate surface area is 366 Å². The molecule has 63 heavy (non-hydrogen) atoms. The van der Waals surface area contributed by atoms with Gasteiger partial charge in [-0.1, -0.05) is 176 Å². The van der Waals surface area contributed by atoms with Crippen LogP contribution in [0.5, 0.6) is 0 Å². The lowest BCUT2D eigenvalue weighted by Crippen LogP contribution is -2.10. The molecule has 0 atom stereocenters. The van der Waals surface area contributed by atoms with Crippen LogP contribution in [0.25, 0.3) is 88.4 Å². The van der Waals surface area contributed by atoms with Crippen LogP contribution < -0.4 is 4.90 Å². The van der Waals surface area contributed by atoms with E-state index in [1.54, 1.807) is 0 Å². The van der Waals surface area contributed by atoms with Gasteiger partial charge < -0.3 is 13.7 Å². The third-order valence-corrected chi connectivity index (χ3v) is 12.7. The molecule has 0 fully saturated rings. The quantitative estimate of drug-likeness (QED) is 0.153. The second kappa shape index (κ2) is 15.4. The Morgan fingerprint density at radius 2 is 0.683 bits per heavy atom. The molecule has 0 amide bonds. The molecular formula is C60H41NO2. The molecule has 298 valence electrons. The van der Waals surface area contributed by atoms with E-state index in [9.17, 15) is 0 Å². The number of rotatable bonds is 8. The van der Waals surface area contributed by atoms with Gasteiger partial charge in [0, 0.05) is 49.7 Å². The highest BCUT2D eigenvalue weighted by molar-refractivity contribution is 6.10. The van der Waals surface area contributed by atoms with Crippen molar-refractivity contribution in [3.05, 3.63) is 236 Å². The SMILES string of the molecule is C1=C(c2ccc(N(c3ccc(-c4ccccc4)cc3)c3ccc(-c4ccc(-c5cccc6c5oc5ccccc56)cc4)cc3)cc2)CCC(c2cccc3c2oc2ccccc23)=C1. The molecular weight excluding hydrogens is 767 g/mol. The maximum absolute atomic E-state index is 6.38. The topological polar surface area (TPSA) is 29.5 Å². The number of para-hydroxylation sites is 4. The summed E-state index contributed by atoms with van der Waals surface area (Å²) in [4.78, 5) is 2.35. The highest BCUT2D eigenvalue weighted by Gasteiger charge is 2.18. The molecule has 2 heterocycles. The van der Waals surface area contributed by atoms with Crippen LogP contribution >= 0.6 is 0 Å². The highest BCUT2D eigenvalue weighted by Crippen LogP contribution is 2.41. The molecule has 0 radical (unpaired) electrons. The molecule has 0 unspecified atom stereocenters. The summed E-state index contributed by atoms with van der Waals surface area (Å²) in [6, 6.07) is 75.7. The Kier molecular flexibility index (Phi) is 8.97. The average Bonchev–Trinajstić information content (AvgIpc) is 3.94. The predicted octanol–water partition coefficient (Wildman–Crippen LogP) is 17.2. The summed E-state index contributed by atoms with van der Waals surface area (Å²) in [5, 5.41) is 4.62. The molecule has 0 bridgehead atoms. The first-order chi connectivity index (χ1) is 31.2. The first-order valence-electron chi connectivity index (χ1n) is 21.7. The lowest BCUT2D eigenvalue weighted by atomic mass is 9.89. The van der Waals surface area contributed by atoms with E-state index in [1.165, 1.54) is 44.2 Å². The maximum atomic E-state index is 6.38. The van der Waals surface area contributed by atoms with Crippen molar-refractivity contribution in [1.29, 1.82) is 0 Å². The number of hydrogen-bond donors (Lipinski definition) is 0. The Morgan fingerprint density at radius 1 is 0.286 bits per heavy atom. The third-order valence-electron chi connectivity index (χ3n) is 12.7. The summed E-state index contributed by atoms with van der Waals surface area (Å²) < 4.78 is 12.7. The molecule has 0 N–H and O–H groups in total. The van der Waals surface area contributed by atoms with Gasteiger partial charge in [0.1, 0.15) is 22.3 Å². The van der Waals surface area contributed by atoms with Gasteiger partial charge in [0.15, 0.2) is 0 Å². The van der Waals surface area contributed by atoms with Crippen molar-refractivity contribution in [2.75, 3.05) is 4.90 Å². The van der Waals surface area contributed by atoms with Crippen LogP contribution in [-0.2, 0) is 0 Å². The lowest BCUT2D eigenvalue weighted by molar-refractivity contribution is 0.667. The number of nitrogens with zero attached hydrogens (tertiary/aromatic N) is 1. The van der Waals surface area contributed by atoms with Crippen molar-refractivity contribution >= 4 is 72.1 Å². The van der Waals surface area contributed by atoms with Crippen LogP contribution in [0.2, 0.25) is 0 Å². The number of anilines is 3. The number of hydrogen-bond acceptors (Lipinski definition) is 3. The summed E-state index contributed by atoms with van der Waals surface area (Å²) in [6.45, 7) is 0. The lowest BCUT2D eigenvalue weighted by Gasteiger charge is -2.26. The van der Waals surface area contributed by atoms with E-state index in [4.69, 9.17) is 8.83 Å². The van der Waals surface area contributed by atoms with Crippen molar-refractivity contribution < 1.29 is 8.83 Å². The van der Waals surface area contributed by atoms with Crippen LogP contribution in [0.1, 0.15) is 24.0 Å². The van der Waals surface area contributed by atoms with E-state index in [0.29, 0.717) is 0 Å². The zero-order valence-corrected chi connectivity index (χ0v) is 34.5. The fraction of sp³-hybridized carbons (Fsp3) is 0.0333. The Bertz CT molecular complexity index is 3520. The van der Waals surface area contributed by atoms with E-state index in [1.807, 2.05) is 18.2 Å². The average molecular weight is 808 g/mol. The first-order valence-corrected chi connectivity index (χ1v) is 21.7. The summed E-state index contributed by atoms with van der Waals surface area (Å²) in [5.41, 5.74) is 19.1. The number of allylic oxidation sites excluding steroid dienone is 4. The van der Waals surface area contributed by atoms with Crippen molar-refractivity contribution in [2.24, 2.45) is 0 Å². The molecule has 3 nitrogen and oxygen atoms in total. The van der Waals surface area contributed by atoms with E-state index in [2.05, 4.69) is 211 Å².